The summed E-state index contributed by atoms with van der Waals surface area (Å²) in [5, 5.41) is 28.1. The lowest BCUT2D eigenvalue weighted by molar-refractivity contribution is -0.186. The van der Waals surface area contributed by atoms with E-state index in [1.165, 1.54) is 29.8 Å². The van der Waals surface area contributed by atoms with Crippen LogP contribution in [0.1, 0.15) is 18.5 Å². The fourth-order valence-corrected chi connectivity index (χ4v) is 5.76. The molecule has 12 heteroatoms. The van der Waals surface area contributed by atoms with E-state index in [2.05, 4.69) is 10.3 Å². The number of ether oxygens (including phenoxy) is 2. The largest absolute Gasteiger partial charge is 0.468 e. The zero-order valence-electron chi connectivity index (χ0n) is 20.0. The average Bonchev–Trinajstić information content (AvgIpc) is 3.38. The number of carbonyl (C=O) groups excluding carboxylic acids is 1. The van der Waals surface area contributed by atoms with Gasteiger partial charge in [0.15, 0.2) is 17.5 Å². The quantitative estimate of drug-likeness (QED) is 0.334. The molecule has 0 amide bonds. The average molecular weight is 538 g/mol. The molecule has 37 heavy (non-hydrogen) atoms. The number of benzene rings is 2. The Kier molecular flexibility index (Phi) is 8.53. The smallest absolute Gasteiger partial charge is 0.321 e. The van der Waals surface area contributed by atoms with Gasteiger partial charge in [-0.1, -0.05) is 42.5 Å². The Bertz CT molecular complexity index is 1210. The van der Waals surface area contributed by atoms with Crippen molar-refractivity contribution < 1.29 is 37.7 Å². The normalized spacial score (nSPS) is 24.6. The fourth-order valence-electron chi connectivity index (χ4n) is 4.46. The number of aliphatic hydroxyl groups excluding tert-OH is 2. The number of hydrogen-bond acceptors (Lipinski definition) is 8. The topological polar surface area (TPSA) is 107 Å². The molecule has 2 aromatic carbocycles. The molecule has 0 saturated carbocycles. The molecule has 1 fully saturated rings. The van der Waals surface area contributed by atoms with E-state index >= 15 is 0 Å². The van der Waals surface area contributed by atoms with Crippen molar-refractivity contribution in [1.29, 1.82) is 0 Å². The zero-order valence-corrected chi connectivity index (χ0v) is 20.8. The maximum absolute atomic E-state index is 13.8. The van der Waals surface area contributed by atoms with Crippen LogP contribution >= 0.6 is 11.8 Å². The number of halogens is 3. The van der Waals surface area contributed by atoms with Crippen LogP contribution in [-0.2, 0) is 20.0 Å². The second-order valence-electron chi connectivity index (χ2n) is 8.74. The Morgan fingerprint density at radius 2 is 1.89 bits per heavy atom. The van der Waals surface area contributed by atoms with Crippen LogP contribution in [0.25, 0.3) is 11.3 Å². The Morgan fingerprint density at radius 3 is 2.51 bits per heavy atom. The predicted molar refractivity (Wildman–Crippen MR) is 129 cm³/mol. The van der Waals surface area contributed by atoms with Gasteiger partial charge in [0, 0.05) is 17.2 Å². The molecular weight excluding hydrogens is 511 g/mol. The van der Waals surface area contributed by atoms with Gasteiger partial charge in [-0.15, -0.1) is 16.9 Å². The highest BCUT2D eigenvalue weighted by molar-refractivity contribution is 7.99. The molecule has 0 spiro atoms. The second kappa shape index (κ2) is 11.6. The van der Waals surface area contributed by atoms with Crippen LogP contribution in [-0.4, -0.2) is 68.5 Å². The molecule has 4 rings (SSSR count). The lowest BCUT2D eigenvalue weighted by Gasteiger charge is -2.45. The van der Waals surface area contributed by atoms with Gasteiger partial charge in [-0.2, -0.15) is 0 Å². The van der Waals surface area contributed by atoms with E-state index in [0.29, 0.717) is 5.75 Å². The van der Waals surface area contributed by atoms with Crippen LogP contribution in [0.4, 0.5) is 13.2 Å². The van der Waals surface area contributed by atoms with E-state index in [1.54, 1.807) is 6.92 Å². The Morgan fingerprint density at radius 1 is 1.22 bits per heavy atom. The summed E-state index contributed by atoms with van der Waals surface area (Å²) in [7, 11) is 1.27. The number of nitrogens with zero attached hydrogens (tertiary/aromatic N) is 3. The van der Waals surface area contributed by atoms with Gasteiger partial charge in [0.25, 0.3) is 0 Å². The van der Waals surface area contributed by atoms with Gasteiger partial charge in [-0.25, -0.2) is 17.9 Å². The monoisotopic (exact) mass is 537 g/mol. The highest BCUT2D eigenvalue weighted by Gasteiger charge is 2.49. The summed E-state index contributed by atoms with van der Waals surface area (Å²) >= 11 is 1.31. The highest BCUT2D eigenvalue weighted by atomic mass is 32.2. The molecule has 0 radical (unpaired) electrons. The summed E-state index contributed by atoms with van der Waals surface area (Å²) in [5.74, 6) is -4.93. The molecule has 2 unspecified atom stereocenters. The standard InChI is InChI=1S/C25H26F3N3O5S/c1-13-21(31-10-18(29-30-31)15-8-16(26)20(28)17(27)9-15)22(33)19(11-32)36-23(13)24(25(34)35-2)37-12-14-6-4-3-5-7-14/h3-10,13,19,21-24,32-33H,11-12H2,1-2H3/t13?,19?,21-,22+,23-,24+/m1/s1. The minimum absolute atomic E-state index is 0.0436. The van der Waals surface area contributed by atoms with Crippen molar-refractivity contribution in [3.8, 4) is 11.3 Å². The minimum Gasteiger partial charge on any atom is -0.468 e. The number of carbonyl (C=O) groups is 1. The summed E-state index contributed by atoms with van der Waals surface area (Å²) in [6.07, 6.45) is -1.73. The Labute approximate surface area is 215 Å². The van der Waals surface area contributed by atoms with Crippen molar-refractivity contribution in [1.82, 2.24) is 15.0 Å². The number of aliphatic hydroxyl groups is 2. The van der Waals surface area contributed by atoms with E-state index < -0.39 is 65.5 Å². The van der Waals surface area contributed by atoms with E-state index in [-0.39, 0.29) is 11.3 Å². The van der Waals surface area contributed by atoms with E-state index in [1.807, 2.05) is 30.3 Å². The number of hydrogen-bond donors (Lipinski definition) is 2. The SMILES string of the molecule is COC(=O)[C@@H](SCc1ccccc1)[C@@H]1OC(CO)[C@H](O)[C@H](n2cc(-c3cc(F)c(F)c(F)c3)nn2)C1C. The van der Waals surface area contributed by atoms with Crippen LogP contribution in [0.3, 0.4) is 0 Å². The first kappa shape index (κ1) is 27.1. The highest BCUT2D eigenvalue weighted by Crippen LogP contribution is 2.40. The first-order valence-electron chi connectivity index (χ1n) is 11.5. The summed E-state index contributed by atoms with van der Waals surface area (Å²) in [6.45, 7) is 1.22. The third-order valence-electron chi connectivity index (χ3n) is 6.40. The van der Waals surface area contributed by atoms with Crippen molar-refractivity contribution in [3.05, 3.63) is 71.7 Å². The van der Waals surface area contributed by atoms with Gasteiger partial charge < -0.3 is 19.7 Å². The van der Waals surface area contributed by atoms with Crippen molar-refractivity contribution in [2.75, 3.05) is 13.7 Å². The fraction of sp³-hybridized carbons (Fsp3) is 0.400. The van der Waals surface area contributed by atoms with Gasteiger partial charge >= 0.3 is 5.97 Å². The van der Waals surface area contributed by atoms with Gasteiger partial charge in [-0.05, 0) is 17.7 Å². The van der Waals surface area contributed by atoms with Gasteiger partial charge in [0.1, 0.15) is 23.2 Å². The lowest BCUT2D eigenvalue weighted by Crippen LogP contribution is -2.56. The third kappa shape index (κ3) is 5.66. The zero-order chi connectivity index (χ0) is 26.7. The van der Waals surface area contributed by atoms with E-state index in [0.717, 1.165) is 17.7 Å². The summed E-state index contributed by atoms with van der Waals surface area (Å²) in [5.41, 5.74) is 0.988. The maximum atomic E-state index is 13.8. The van der Waals surface area contributed by atoms with Crippen LogP contribution in [0.5, 0.6) is 0 Å². The lowest BCUT2D eigenvalue weighted by atomic mass is 9.84. The molecular formula is C25H26F3N3O5S. The molecule has 1 aliphatic rings. The molecule has 0 aliphatic carbocycles. The number of esters is 1. The van der Waals surface area contributed by atoms with Crippen LogP contribution in [0.2, 0.25) is 0 Å². The van der Waals surface area contributed by atoms with E-state index in [4.69, 9.17) is 9.47 Å². The second-order valence-corrected chi connectivity index (χ2v) is 9.87. The number of methoxy groups -OCH3 is 1. The number of thioether (sulfide) groups is 1. The molecule has 1 aliphatic heterocycles. The molecule has 2 N–H and O–H groups in total. The van der Waals surface area contributed by atoms with Crippen molar-refractivity contribution in [3.63, 3.8) is 0 Å². The molecule has 6 atom stereocenters. The van der Waals surface area contributed by atoms with Crippen LogP contribution < -0.4 is 0 Å². The van der Waals surface area contributed by atoms with Crippen molar-refractivity contribution >= 4 is 17.7 Å². The predicted octanol–water partition coefficient (Wildman–Crippen LogP) is 3.14. The first-order valence-corrected chi connectivity index (χ1v) is 12.5. The number of rotatable bonds is 8. The summed E-state index contributed by atoms with van der Waals surface area (Å²) in [6, 6.07) is 10.3. The Hall–Kier alpha value is -2.93. The number of aromatic nitrogens is 3. The molecule has 0 bridgehead atoms. The van der Waals surface area contributed by atoms with E-state index in [9.17, 15) is 28.2 Å². The minimum atomic E-state index is -1.60. The first-order chi connectivity index (χ1) is 17.7. The molecule has 3 aromatic rings. The molecule has 2 heterocycles. The van der Waals surface area contributed by atoms with Gasteiger partial charge in [-0.3, -0.25) is 4.79 Å². The molecule has 1 aromatic heterocycles. The molecule has 8 nitrogen and oxygen atoms in total. The summed E-state index contributed by atoms with van der Waals surface area (Å²) in [4.78, 5) is 12.8. The van der Waals surface area contributed by atoms with Crippen LogP contribution in [0.15, 0.2) is 48.7 Å². The van der Waals surface area contributed by atoms with Gasteiger partial charge in [0.2, 0.25) is 0 Å². The third-order valence-corrected chi connectivity index (χ3v) is 7.72. The summed E-state index contributed by atoms with van der Waals surface area (Å²) < 4.78 is 53.2. The Balaban J connectivity index is 1.64. The van der Waals surface area contributed by atoms with Gasteiger partial charge in [0.05, 0.1) is 32.1 Å². The maximum Gasteiger partial charge on any atom is 0.321 e. The molecule has 1 saturated heterocycles. The van der Waals surface area contributed by atoms with Crippen molar-refractivity contribution in [2.45, 2.75) is 42.3 Å². The van der Waals surface area contributed by atoms with Crippen molar-refractivity contribution in [2.24, 2.45) is 5.92 Å². The molecule has 198 valence electrons. The van der Waals surface area contributed by atoms with Crippen LogP contribution in [0, 0.1) is 23.4 Å².